The van der Waals surface area contributed by atoms with Crippen molar-refractivity contribution in [3.63, 3.8) is 0 Å². The number of hydrogen-bond acceptors (Lipinski definition) is 0. The van der Waals surface area contributed by atoms with Crippen molar-refractivity contribution >= 4 is 34.2 Å². The van der Waals surface area contributed by atoms with Crippen LogP contribution in [0.25, 0.3) is 0 Å². The smallest absolute Gasteiger partial charge is 0.127 e. The monoisotopic (exact) mass is 358 g/mol. The molecule has 2 fully saturated rings. The molecule has 0 N–H and O–H groups in total. The molecule has 3 heteroatoms. The van der Waals surface area contributed by atoms with E-state index in [0.717, 1.165) is 37.1 Å². The highest BCUT2D eigenvalue weighted by atomic mass is 79.9. The Balaban J connectivity index is 2.03. The Morgan fingerprint density at radius 2 is 1.45 bits per heavy atom. The minimum atomic E-state index is 0.786. The second-order valence-corrected chi connectivity index (χ2v) is 8.04. The zero-order chi connectivity index (χ0) is 14.2. The summed E-state index contributed by atoms with van der Waals surface area (Å²) in [6, 6.07) is 0. The van der Waals surface area contributed by atoms with Gasteiger partial charge in [-0.1, -0.05) is 97.8 Å². The van der Waals surface area contributed by atoms with E-state index in [0.29, 0.717) is 0 Å². The molecule has 0 radical (unpaired) electrons. The fraction of sp³-hybridized carbons (Fsp3) is 0.882. The third-order valence-electron chi connectivity index (χ3n) is 5.31. The molecule has 20 heavy (non-hydrogen) atoms. The normalized spacial score (nSPS) is 23.0. The highest BCUT2D eigenvalue weighted by molar-refractivity contribution is 9.12. The van der Waals surface area contributed by atoms with Gasteiger partial charge in [-0.2, -0.15) is 0 Å². The quantitative estimate of drug-likeness (QED) is 0.272. The maximum Gasteiger partial charge on any atom is 0.191 e. The molecule has 0 aromatic carbocycles. The highest BCUT2D eigenvalue weighted by Crippen LogP contribution is 2.45. The molecule has 0 atom stereocenters. The Labute approximate surface area is 139 Å². The minimum Gasteiger partial charge on any atom is -0.127 e. The number of rotatable bonds is 6. The van der Waals surface area contributed by atoms with Crippen molar-refractivity contribution in [2.75, 3.05) is 5.88 Å². The first-order valence-corrected chi connectivity index (χ1v) is 10.1. The van der Waals surface area contributed by atoms with Crippen LogP contribution in [0.4, 0.5) is 0 Å². The highest BCUT2D eigenvalue weighted by Gasteiger charge is 2.36. The van der Waals surface area contributed by atoms with E-state index < -0.39 is 0 Å². The molecule has 0 heterocycles. The van der Waals surface area contributed by atoms with Gasteiger partial charge < -0.3 is 0 Å². The predicted molar refractivity (Wildman–Crippen MR) is 96.4 cm³/mol. The van der Waals surface area contributed by atoms with Gasteiger partial charge in [0.1, 0.15) is 0 Å². The molecule has 0 bridgehead atoms. The van der Waals surface area contributed by atoms with Crippen LogP contribution in [0.3, 0.4) is 0 Å². The van der Waals surface area contributed by atoms with Gasteiger partial charge in [0.05, 0.1) is 0 Å². The second-order valence-electron chi connectivity index (χ2n) is 6.74. The van der Waals surface area contributed by atoms with E-state index in [1.807, 2.05) is 0 Å². The Kier molecular flexibility index (Phi) is 8.10. The Morgan fingerprint density at radius 3 is 1.90 bits per heavy atom. The molecule has 0 spiro atoms. The summed E-state index contributed by atoms with van der Waals surface area (Å²) in [7, 11) is 0. The van der Waals surface area contributed by atoms with E-state index in [1.54, 1.807) is 0 Å². The lowest BCUT2D eigenvalue weighted by molar-refractivity contribution is 0.464. The lowest BCUT2D eigenvalue weighted by atomic mass is 9.30. The lowest BCUT2D eigenvalue weighted by Gasteiger charge is -2.35. The average molecular weight is 360 g/mol. The number of unbranched alkanes of at least 4 members (excludes halogenated alkanes) is 1. The van der Waals surface area contributed by atoms with E-state index in [1.165, 1.54) is 68.6 Å². The van der Waals surface area contributed by atoms with Crippen LogP contribution in [0.15, 0.2) is 10.5 Å². The van der Waals surface area contributed by atoms with Crippen molar-refractivity contribution in [1.29, 1.82) is 0 Å². The van der Waals surface area contributed by atoms with Crippen LogP contribution in [0, 0.1) is 0 Å². The summed E-state index contributed by atoms with van der Waals surface area (Å²) >= 11 is 9.78. The van der Waals surface area contributed by atoms with Crippen molar-refractivity contribution in [2.45, 2.75) is 88.7 Å². The maximum atomic E-state index is 5.82. The Morgan fingerprint density at radius 1 is 0.950 bits per heavy atom. The molecule has 0 unspecified atom stereocenters. The van der Waals surface area contributed by atoms with Crippen LogP contribution in [0.5, 0.6) is 0 Å². The number of alkyl halides is 1. The first kappa shape index (κ1) is 16.9. The molecule has 2 saturated carbocycles. The summed E-state index contributed by atoms with van der Waals surface area (Å²) in [4.78, 5) is 0. The van der Waals surface area contributed by atoms with Gasteiger partial charge in [-0.3, -0.25) is 0 Å². The largest absolute Gasteiger partial charge is 0.191 e. The van der Waals surface area contributed by atoms with Crippen molar-refractivity contribution in [3.8, 4) is 0 Å². The van der Waals surface area contributed by atoms with Crippen molar-refractivity contribution in [1.82, 2.24) is 0 Å². The van der Waals surface area contributed by atoms with Gasteiger partial charge in [-0.25, -0.2) is 0 Å². The molecule has 2 aliphatic rings. The molecule has 2 aliphatic carbocycles. The van der Waals surface area contributed by atoms with Gasteiger partial charge in [-0.05, 0) is 17.2 Å². The van der Waals surface area contributed by atoms with E-state index in [9.17, 15) is 0 Å². The van der Waals surface area contributed by atoms with Crippen LogP contribution in [-0.2, 0) is 0 Å². The summed E-state index contributed by atoms with van der Waals surface area (Å²) in [5.41, 5.74) is 0. The summed E-state index contributed by atoms with van der Waals surface area (Å²) in [5.74, 6) is 2.66. The maximum absolute atomic E-state index is 5.82. The number of hydrogen-bond donors (Lipinski definition) is 0. The van der Waals surface area contributed by atoms with Gasteiger partial charge in [-0.15, -0.1) is 11.6 Å². The van der Waals surface area contributed by atoms with E-state index in [4.69, 9.17) is 11.6 Å². The standard InChI is InChI=1S/C17H29BBrCl/c19-17(13-7-8-14-20)18(15-9-3-1-4-10-15)16-11-5-2-6-12-16/h13,15-16H,1-12,14H2/b17-13-. The Bertz CT molecular complexity index is 275. The molecular weight excluding hydrogens is 330 g/mol. The molecule has 0 aromatic rings. The third kappa shape index (κ3) is 5.09. The Hall–Kier alpha value is 0.575. The van der Waals surface area contributed by atoms with Gasteiger partial charge in [0.2, 0.25) is 0 Å². The number of halogens is 2. The average Bonchev–Trinajstić information content (AvgIpc) is 2.50. The van der Waals surface area contributed by atoms with Gasteiger partial charge in [0, 0.05) is 5.88 Å². The molecule has 0 aliphatic heterocycles. The SMILES string of the molecule is ClCCC/C=C(\Br)B(C1CCCCC1)C1CCCCC1. The predicted octanol–water partition coefficient (Wildman–Crippen LogP) is 6.99. The van der Waals surface area contributed by atoms with E-state index in [2.05, 4.69) is 22.0 Å². The summed E-state index contributed by atoms with van der Waals surface area (Å²) in [6.07, 6.45) is 19.3. The molecule has 114 valence electrons. The van der Waals surface area contributed by atoms with Crippen molar-refractivity contribution < 1.29 is 0 Å². The van der Waals surface area contributed by atoms with Crippen LogP contribution < -0.4 is 0 Å². The van der Waals surface area contributed by atoms with E-state index >= 15 is 0 Å². The molecule has 0 saturated heterocycles. The number of allylic oxidation sites excluding steroid dienone is 1. The minimum absolute atomic E-state index is 0.786. The molecule has 0 amide bonds. The first-order valence-electron chi connectivity index (χ1n) is 8.74. The topological polar surface area (TPSA) is 0 Å². The van der Waals surface area contributed by atoms with Gasteiger partial charge in [0.25, 0.3) is 0 Å². The van der Waals surface area contributed by atoms with Crippen molar-refractivity contribution in [2.24, 2.45) is 0 Å². The molecular formula is C17H29BBrCl. The summed E-state index contributed by atoms with van der Waals surface area (Å²) in [5, 5.41) is 0. The van der Waals surface area contributed by atoms with Gasteiger partial charge in [0.15, 0.2) is 6.71 Å². The van der Waals surface area contributed by atoms with E-state index in [-0.39, 0.29) is 0 Å². The van der Waals surface area contributed by atoms with Crippen LogP contribution in [0.1, 0.15) is 77.0 Å². The third-order valence-corrected chi connectivity index (χ3v) is 6.43. The fourth-order valence-electron chi connectivity index (χ4n) is 4.27. The molecule has 0 aromatic heterocycles. The van der Waals surface area contributed by atoms with Gasteiger partial charge >= 0.3 is 0 Å². The lowest BCUT2D eigenvalue weighted by Crippen LogP contribution is -2.30. The fourth-order valence-corrected chi connectivity index (χ4v) is 5.41. The van der Waals surface area contributed by atoms with Crippen LogP contribution >= 0.6 is 27.5 Å². The zero-order valence-electron chi connectivity index (χ0n) is 12.8. The van der Waals surface area contributed by atoms with Crippen molar-refractivity contribution in [3.05, 3.63) is 10.5 Å². The van der Waals surface area contributed by atoms with Crippen LogP contribution in [-0.4, -0.2) is 12.6 Å². The summed E-state index contributed by atoms with van der Waals surface area (Å²) < 4.78 is 1.52. The van der Waals surface area contributed by atoms with Crippen LogP contribution in [0.2, 0.25) is 11.6 Å². The second kappa shape index (κ2) is 9.56. The molecule has 2 rings (SSSR count). The summed E-state index contributed by atoms with van der Waals surface area (Å²) in [6.45, 7) is 0.811. The molecule has 0 nitrogen and oxygen atoms in total. The first-order chi connectivity index (χ1) is 9.83. The zero-order valence-corrected chi connectivity index (χ0v) is 15.1.